The van der Waals surface area contributed by atoms with E-state index in [1.165, 1.54) is 37.3 Å². The van der Waals surface area contributed by atoms with Gasteiger partial charge in [0.25, 0.3) is 11.8 Å². The van der Waals surface area contributed by atoms with Gasteiger partial charge in [0.1, 0.15) is 17.1 Å². The number of hydrogen-bond acceptors (Lipinski definition) is 5. The fourth-order valence-corrected chi connectivity index (χ4v) is 2.61. The van der Waals surface area contributed by atoms with Crippen LogP contribution < -0.4 is 15.0 Å². The smallest absolute Gasteiger partial charge is 0.344 e. The number of halogens is 1. The first-order chi connectivity index (χ1) is 13.8. The first-order valence-electron chi connectivity index (χ1n) is 8.43. The summed E-state index contributed by atoms with van der Waals surface area (Å²) in [6.45, 7) is 1.33. The molecule has 3 rings (SSSR count). The monoisotopic (exact) mass is 398 g/mol. The summed E-state index contributed by atoms with van der Waals surface area (Å²) >= 11 is 0. The molecule has 0 spiro atoms. The predicted molar refractivity (Wildman–Crippen MR) is 99.6 cm³/mol. The summed E-state index contributed by atoms with van der Waals surface area (Å²) in [4.78, 5) is 48.9. The Morgan fingerprint density at radius 2 is 1.90 bits per heavy atom. The van der Waals surface area contributed by atoms with E-state index in [0.717, 1.165) is 12.1 Å². The summed E-state index contributed by atoms with van der Waals surface area (Å²) in [7, 11) is 0. The van der Waals surface area contributed by atoms with Crippen molar-refractivity contribution in [2.24, 2.45) is 0 Å². The fraction of sp³-hybridized carbons (Fsp3) is 0.100. The Bertz CT molecular complexity index is 1050. The van der Waals surface area contributed by atoms with E-state index in [4.69, 9.17) is 9.84 Å². The molecule has 2 aromatic rings. The van der Waals surface area contributed by atoms with Gasteiger partial charge < -0.3 is 9.84 Å². The van der Waals surface area contributed by atoms with Gasteiger partial charge in [-0.1, -0.05) is 24.3 Å². The van der Waals surface area contributed by atoms with Crippen molar-refractivity contribution in [1.82, 2.24) is 5.32 Å². The molecule has 1 fully saturated rings. The van der Waals surface area contributed by atoms with Crippen molar-refractivity contribution < 1.29 is 33.4 Å². The second-order valence-electron chi connectivity index (χ2n) is 6.07. The van der Waals surface area contributed by atoms with Crippen molar-refractivity contribution in [1.29, 1.82) is 0 Å². The first kappa shape index (κ1) is 19.7. The molecule has 1 saturated heterocycles. The van der Waals surface area contributed by atoms with E-state index in [0.29, 0.717) is 4.90 Å². The van der Waals surface area contributed by atoms with Crippen LogP contribution in [0.3, 0.4) is 0 Å². The van der Waals surface area contributed by atoms with Crippen LogP contribution in [0.5, 0.6) is 5.75 Å². The van der Waals surface area contributed by atoms with Crippen LogP contribution >= 0.6 is 0 Å². The lowest BCUT2D eigenvalue weighted by Gasteiger charge is -2.26. The molecule has 1 aliphatic heterocycles. The van der Waals surface area contributed by atoms with Gasteiger partial charge in [-0.2, -0.15) is 0 Å². The zero-order valence-electron chi connectivity index (χ0n) is 15.1. The molecule has 29 heavy (non-hydrogen) atoms. The number of barbiturate groups is 1. The van der Waals surface area contributed by atoms with E-state index in [-0.39, 0.29) is 17.0 Å². The number of anilines is 1. The van der Waals surface area contributed by atoms with Gasteiger partial charge in [0.2, 0.25) is 0 Å². The van der Waals surface area contributed by atoms with Crippen LogP contribution in [-0.2, 0) is 14.4 Å². The van der Waals surface area contributed by atoms with Gasteiger partial charge in [0, 0.05) is 5.56 Å². The van der Waals surface area contributed by atoms with Crippen LogP contribution in [0.4, 0.5) is 14.9 Å². The lowest BCUT2D eigenvalue weighted by atomic mass is 10.1. The third-order valence-corrected chi connectivity index (χ3v) is 4.04. The Morgan fingerprint density at radius 1 is 1.17 bits per heavy atom. The molecular formula is C20H15FN2O6. The second kappa shape index (κ2) is 7.93. The molecule has 0 bridgehead atoms. The van der Waals surface area contributed by atoms with Gasteiger partial charge in [-0.3, -0.25) is 14.9 Å². The van der Waals surface area contributed by atoms with E-state index in [1.54, 1.807) is 12.1 Å². The zero-order chi connectivity index (χ0) is 21.1. The first-order valence-corrected chi connectivity index (χ1v) is 8.43. The number of benzene rings is 2. The van der Waals surface area contributed by atoms with Gasteiger partial charge in [0.05, 0.1) is 5.69 Å². The van der Waals surface area contributed by atoms with Crippen molar-refractivity contribution >= 4 is 35.6 Å². The van der Waals surface area contributed by atoms with E-state index >= 15 is 0 Å². The average Bonchev–Trinajstić information content (AvgIpc) is 2.66. The molecule has 0 radical (unpaired) electrons. The molecule has 8 nitrogen and oxygen atoms in total. The number of urea groups is 1. The SMILES string of the molecule is C[C@H](Oc1ccccc1/C=C1\C(=O)NC(=O)N(c2cccc(F)c2)C1=O)C(=O)O. The molecule has 2 aromatic carbocycles. The third-order valence-electron chi connectivity index (χ3n) is 4.04. The summed E-state index contributed by atoms with van der Waals surface area (Å²) in [5.74, 6) is -3.61. The molecule has 1 aliphatic rings. The number of amides is 4. The van der Waals surface area contributed by atoms with E-state index in [1.807, 2.05) is 5.32 Å². The van der Waals surface area contributed by atoms with Crippen molar-refractivity contribution in [2.45, 2.75) is 13.0 Å². The molecule has 9 heteroatoms. The van der Waals surface area contributed by atoms with Crippen LogP contribution in [-0.4, -0.2) is 35.0 Å². The van der Waals surface area contributed by atoms with Crippen LogP contribution in [0, 0.1) is 5.82 Å². The Labute approximate surface area is 164 Å². The maximum absolute atomic E-state index is 13.5. The molecule has 0 aromatic heterocycles. The molecule has 0 saturated carbocycles. The van der Waals surface area contributed by atoms with Gasteiger partial charge >= 0.3 is 12.0 Å². The highest BCUT2D eigenvalue weighted by Crippen LogP contribution is 2.26. The number of aliphatic carboxylic acids is 1. The van der Waals surface area contributed by atoms with Crippen molar-refractivity contribution in [3.63, 3.8) is 0 Å². The summed E-state index contributed by atoms with van der Waals surface area (Å²) in [5.41, 5.74) is -0.185. The summed E-state index contributed by atoms with van der Waals surface area (Å²) in [6.07, 6.45) is 0.0103. The molecule has 0 unspecified atom stereocenters. The number of imide groups is 2. The van der Waals surface area contributed by atoms with E-state index < -0.39 is 41.3 Å². The van der Waals surface area contributed by atoms with Crippen LogP contribution in [0.2, 0.25) is 0 Å². The third kappa shape index (κ3) is 4.13. The number of carboxylic acid groups (broad SMARTS) is 1. The minimum atomic E-state index is -1.19. The summed E-state index contributed by atoms with van der Waals surface area (Å²) in [5, 5.41) is 11.0. The number of nitrogens with zero attached hydrogens (tertiary/aromatic N) is 1. The van der Waals surface area contributed by atoms with Crippen molar-refractivity contribution in [3.05, 3.63) is 65.5 Å². The molecule has 2 N–H and O–H groups in total. The highest BCUT2D eigenvalue weighted by molar-refractivity contribution is 6.39. The average molecular weight is 398 g/mol. The Morgan fingerprint density at radius 3 is 2.59 bits per heavy atom. The second-order valence-corrected chi connectivity index (χ2v) is 6.07. The topological polar surface area (TPSA) is 113 Å². The van der Waals surface area contributed by atoms with E-state index in [2.05, 4.69) is 0 Å². The fourth-order valence-electron chi connectivity index (χ4n) is 2.61. The normalized spacial score (nSPS) is 16.6. The molecule has 1 atom stereocenters. The quantitative estimate of drug-likeness (QED) is 0.591. The summed E-state index contributed by atoms with van der Waals surface area (Å²) < 4.78 is 18.9. The number of carboxylic acids is 1. The molecular weight excluding hydrogens is 383 g/mol. The zero-order valence-corrected chi connectivity index (χ0v) is 15.1. The number of hydrogen-bond donors (Lipinski definition) is 2. The van der Waals surface area contributed by atoms with Crippen LogP contribution in [0.1, 0.15) is 12.5 Å². The standard InChI is InChI=1S/C20H15FN2O6/c1-11(19(26)27)29-16-8-3-2-5-12(16)9-15-17(24)22-20(28)23(18(15)25)14-7-4-6-13(21)10-14/h2-11H,1H3,(H,26,27)(H,22,24,28)/b15-9+/t11-/m0/s1. The minimum absolute atomic E-state index is 0.0464. The number of rotatable bonds is 5. The van der Waals surface area contributed by atoms with Crippen molar-refractivity contribution in [2.75, 3.05) is 4.90 Å². The number of carbonyl (C=O) groups is 4. The number of carbonyl (C=O) groups excluding carboxylic acids is 3. The number of para-hydroxylation sites is 1. The number of ether oxygens (including phenoxy) is 1. The van der Waals surface area contributed by atoms with Gasteiger partial charge in [-0.15, -0.1) is 0 Å². The van der Waals surface area contributed by atoms with Crippen LogP contribution in [0.15, 0.2) is 54.1 Å². The highest BCUT2D eigenvalue weighted by atomic mass is 19.1. The molecule has 0 aliphatic carbocycles. The maximum atomic E-state index is 13.5. The minimum Gasteiger partial charge on any atom is -0.479 e. The predicted octanol–water partition coefficient (Wildman–Crippen LogP) is 2.34. The Balaban J connectivity index is 2.01. The summed E-state index contributed by atoms with van der Waals surface area (Å²) in [6, 6.07) is 9.98. The number of nitrogens with one attached hydrogen (secondary N) is 1. The van der Waals surface area contributed by atoms with Gasteiger partial charge in [0.15, 0.2) is 6.10 Å². The van der Waals surface area contributed by atoms with Crippen LogP contribution in [0.25, 0.3) is 6.08 Å². The Hall–Kier alpha value is -4.01. The molecule has 148 valence electrons. The Kier molecular flexibility index (Phi) is 5.40. The maximum Gasteiger partial charge on any atom is 0.344 e. The van der Waals surface area contributed by atoms with Gasteiger partial charge in [-0.25, -0.2) is 18.9 Å². The largest absolute Gasteiger partial charge is 0.479 e. The highest BCUT2D eigenvalue weighted by Gasteiger charge is 2.37. The molecule has 1 heterocycles. The van der Waals surface area contributed by atoms with Gasteiger partial charge in [-0.05, 0) is 37.3 Å². The van der Waals surface area contributed by atoms with E-state index in [9.17, 15) is 23.6 Å². The lowest BCUT2D eigenvalue weighted by Crippen LogP contribution is -2.54. The van der Waals surface area contributed by atoms with Crippen molar-refractivity contribution in [3.8, 4) is 5.75 Å². The molecule has 4 amide bonds. The lowest BCUT2D eigenvalue weighted by molar-refractivity contribution is -0.144.